The molecule has 3 nitrogen and oxygen atoms in total. The van der Waals surface area contributed by atoms with E-state index in [1.54, 1.807) is 12.3 Å². The molecule has 0 aliphatic heterocycles. The molecule has 0 amide bonds. The van der Waals surface area contributed by atoms with Crippen molar-refractivity contribution in [2.75, 3.05) is 0 Å². The van der Waals surface area contributed by atoms with Gasteiger partial charge in [-0.25, -0.2) is 4.39 Å². The first-order valence-electron chi connectivity index (χ1n) is 5.58. The van der Waals surface area contributed by atoms with Crippen LogP contribution in [0, 0.1) is 17.1 Å². The van der Waals surface area contributed by atoms with Crippen molar-refractivity contribution >= 4 is 0 Å². The van der Waals surface area contributed by atoms with Crippen molar-refractivity contribution < 1.29 is 4.39 Å². The third-order valence-corrected chi connectivity index (χ3v) is 2.45. The van der Waals surface area contributed by atoms with Gasteiger partial charge in [0.05, 0.1) is 17.3 Å². The number of aromatic nitrogens is 1. The quantitative estimate of drug-likeness (QED) is 0.894. The Kier molecular flexibility index (Phi) is 4.00. The minimum absolute atomic E-state index is 0.338. The molecule has 1 aromatic carbocycles. The third kappa shape index (κ3) is 3.37. The largest absolute Gasteiger partial charge is 0.307 e. The number of benzene rings is 1. The maximum absolute atomic E-state index is 13.2. The van der Waals surface area contributed by atoms with Crippen molar-refractivity contribution in [3.05, 3.63) is 65.2 Å². The fourth-order valence-electron chi connectivity index (χ4n) is 1.65. The minimum atomic E-state index is -0.385. The van der Waals surface area contributed by atoms with Gasteiger partial charge in [-0.1, -0.05) is 6.07 Å². The van der Waals surface area contributed by atoms with E-state index in [4.69, 9.17) is 5.26 Å². The number of nitrogens with zero attached hydrogens (tertiary/aromatic N) is 2. The van der Waals surface area contributed by atoms with Gasteiger partial charge < -0.3 is 5.32 Å². The number of hydrogen-bond donors (Lipinski definition) is 1. The van der Waals surface area contributed by atoms with Crippen molar-refractivity contribution in [3.8, 4) is 6.07 Å². The smallest absolute Gasteiger partial charge is 0.124 e. The predicted molar refractivity (Wildman–Crippen MR) is 65.9 cm³/mol. The summed E-state index contributed by atoms with van der Waals surface area (Å²) >= 11 is 0. The van der Waals surface area contributed by atoms with Gasteiger partial charge >= 0.3 is 0 Å². The van der Waals surface area contributed by atoms with Crippen molar-refractivity contribution in [2.45, 2.75) is 13.1 Å². The number of nitriles is 1. The lowest BCUT2D eigenvalue weighted by Gasteiger charge is -2.05. The van der Waals surface area contributed by atoms with Crippen LogP contribution >= 0.6 is 0 Å². The summed E-state index contributed by atoms with van der Waals surface area (Å²) in [6, 6.07) is 11.9. The molecule has 90 valence electrons. The second-order valence-electron chi connectivity index (χ2n) is 3.88. The highest BCUT2D eigenvalue weighted by atomic mass is 19.1. The molecule has 1 N–H and O–H groups in total. The SMILES string of the molecule is N#Cc1cc(F)cc(CNCc2ccccn2)c1. The van der Waals surface area contributed by atoms with Crippen LogP contribution in [0.25, 0.3) is 0 Å². The normalized spacial score (nSPS) is 10.0. The number of pyridine rings is 1. The Hall–Kier alpha value is -2.25. The van der Waals surface area contributed by atoms with E-state index < -0.39 is 0 Å². The van der Waals surface area contributed by atoms with E-state index in [1.165, 1.54) is 12.1 Å². The fourth-order valence-corrected chi connectivity index (χ4v) is 1.65. The lowest BCUT2D eigenvalue weighted by Crippen LogP contribution is -2.13. The number of nitrogens with one attached hydrogen (secondary N) is 1. The number of halogens is 1. The first-order valence-corrected chi connectivity index (χ1v) is 5.58. The highest BCUT2D eigenvalue weighted by Gasteiger charge is 2.00. The molecule has 0 aliphatic carbocycles. The maximum Gasteiger partial charge on any atom is 0.124 e. The molecule has 0 fully saturated rings. The van der Waals surface area contributed by atoms with Gasteiger partial charge in [-0.05, 0) is 35.9 Å². The van der Waals surface area contributed by atoms with Gasteiger partial charge in [0.25, 0.3) is 0 Å². The fraction of sp³-hybridized carbons (Fsp3) is 0.143. The Labute approximate surface area is 105 Å². The van der Waals surface area contributed by atoms with Gasteiger partial charge in [0.15, 0.2) is 0 Å². The first-order chi connectivity index (χ1) is 8.78. The highest BCUT2D eigenvalue weighted by molar-refractivity contribution is 5.33. The molecular weight excluding hydrogens is 229 g/mol. The minimum Gasteiger partial charge on any atom is -0.307 e. The molecule has 0 spiro atoms. The summed E-state index contributed by atoms with van der Waals surface area (Å²) in [4.78, 5) is 4.17. The first kappa shape index (κ1) is 12.2. The predicted octanol–water partition coefficient (Wildman–Crippen LogP) is 2.38. The number of rotatable bonds is 4. The Morgan fingerprint density at radius 1 is 1.22 bits per heavy atom. The Morgan fingerprint density at radius 2 is 2.11 bits per heavy atom. The molecule has 1 heterocycles. The molecule has 0 aliphatic rings. The molecule has 0 saturated heterocycles. The summed E-state index contributed by atoms with van der Waals surface area (Å²) in [7, 11) is 0. The zero-order valence-corrected chi connectivity index (χ0v) is 9.73. The summed E-state index contributed by atoms with van der Waals surface area (Å²) in [5, 5.41) is 11.9. The van der Waals surface area contributed by atoms with Gasteiger partial charge in [0.1, 0.15) is 5.82 Å². The van der Waals surface area contributed by atoms with E-state index in [1.807, 2.05) is 24.3 Å². The van der Waals surface area contributed by atoms with Crippen molar-refractivity contribution in [3.63, 3.8) is 0 Å². The molecule has 0 unspecified atom stereocenters. The zero-order chi connectivity index (χ0) is 12.8. The monoisotopic (exact) mass is 241 g/mol. The van der Waals surface area contributed by atoms with E-state index in [0.717, 1.165) is 11.3 Å². The van der Waals surface area contributed by atoms with Gasteiger partial charge in [0.2, 0.25) is 0 Å². The van der Waals surface area contributed by atoms with E-state index in [2.05, 4.69) is 10.3 Å². The lowest BCUT2D eigenvalue weighted by atomic mass is 10.1. The van der Waals surface area contributed by atoms with E-state index in [9.17, 15) is 4.39 Å². The summed E-state index contributed by atoms with van der Waals surface area (Å²) in [5.41, 5.74) is 2.02. The third-order valence-electron chi connectivity index (χ3n) is 2.45. The molecule has 0 atom stereocenters. The van der Waals surface area contributed by atoms with Gasteiger partial charge in [-0.2, -0.15) is 5.26 Å². The number of hydrogen-bond acceptors (Lipinski definition) is 3. The van der Waals surface area contributed by atoms with Crippen LogP contribution in [0.1, 0.15) is 16.8 Å². The van der Waals surface area contributed by atoms with E-state index >= 15 is 0 Å². The maximum atomic E-state index is 13.2. The van der Waals surface area contributed by atoms with Crippen LogP contribution in [0.5, 0.6) is 0 Å². The topological polar surface area (TPSA) is 48.7 Å². The molecule has 1 aromatic heterocycles. The van der Waals surface area contributed by atoms with E-state index in [0.29, 0.717) is 18.7 Å². The summed E-state index contributed by atoms with van der Waals surface area (Å²) < 4.78 is 13.2. The second kappa shape index (κ2) is 5.89. The summed E-state index contributed by atoms with van der Waals surface area (Å²) in [5.74, 6) is -0.385. The average Bonchev–Trinajstić information content (AvgIpc) is 2.39. The molecule has 0 radical (unpaired) electrons. The van der Waals surface area contributed by atoms with Gasteiger partial charge in [0, 0.05) is 19.3 Å². The van der Waals surface area contributed by atoms with Gasteiger partial charge in [-0.3, -0.25) is 4.98 Å². The van der Waals surface area contributed by atoms with Crippen LogP contribution in [-0.2, 0) is 13.1 Å². The molecular formula is C14H12FN3. The van der Waals surface area contributed by atoms with Gasteiger partial charge in [-0.15, -0.1) is 0 Å². The summed E-state index contributed by atoms with van der Waals surface area (Å²) in [6.07, 6.45) is 1.73. The second-order valence-corrected chi connectivity index (χ2v) is 3.88. The van der Waals surface area contributed by atoms with Crippen molar-refractivity contribution in [2.24, 2.45) is 0 Å². The standard InChI is InChI=1S/C14H12FN3/c15-13-6-11(8-16)5-12(7-13)9-17-10-14-3-1-2-4-18-14/h1-7,17H,9-10H2. The molecule has 0 bridgehead atoms. The van der Waals surface area contributed by atoms with Crippen molar-refractivity contribution in [1.29, 1.82) is 5.26 Å². The molecule has 2 rings (SSSR count). The Balaban J connectivity index is 1.95. The molecule has 0 saturated carbocycles. The average molecular weight is 241 g/mol. The van der Waals surface area contributed by atoms with E-state index in [-0.39, 0.29) is 5.82 Å². The Morgan fingerprint density at radius 3 is 2.83 bits per heavy atom. The highest BCUT2D eigenvalue weighted by Crippen LogP contribution is 2.08. The summed E-state index contributed by atoms with van der Waals surface area (Å²) in [6.45, 7) is 1.11. The van der Waals surface area contributed by atoms with Crippen LogP contribution < -0.4 is 5.32 Å². The lowest BCUT2D eigenvalue weighted by molar-refractivity contribution is 0.618. The van der Waals surface area contributed by atoms with Crippen LogP contribution in [0.3, 0.4) is 0 Å². The molecule has 2 aromatic rings. The zero-order valence-electron chi connectivity index (χ0n) is 9.73. The molecule has 4 heteroatoms. The van der Waals surface area contributed by atoms with Crippen LogP contribution in [-0.4, -0.2) is 4.98 Å². The van der Waals surface area contributed by atoms with Crippen LogP contribution in [0.15, 0.2) is 42.6 Å². The molecule has 18 heavy (non-hydrogen) atoms. The van der Waals surface area contributed by atoms with Crippen molar-refractivity contribution in [1.82, 2.24) is 10.3 Å². The van der Waals surface area contributed by atoms with Crippen LogP contribution in [0.4, 0.5) is 4.39 Å². The van der Waals surface area contributed by atoms with Crippen LogP contribution in [0.2, 0.25) is 0 Å². The Bertz CT molecular complexity index is 561.